The number of sulfonamides is 1. The van der Waals surface area contributed by atoms with Gasteiger partial charge in [0.15, 0.2) is 0 Å². The maximum atomic E-state index is 12.5. The minimum Gasteiger partial charge on any atom is -0.457 e. The van der Waals surface area contributed by atoms with Gasteiger partial charge in [0.25, 0.3) is 0 Å². The Kier molecular flexibility index (Phi) is 10.5. The van der Waals surface area contributed by atoms with E-state index in [0.717, 1.165) is 0 Å². The number of nitrogens with one attached hydrogen (secondary N) is 1. The van der Waals surface area contributed by atoms with Gasteiger partial charge in [0.05, 0.1) is 11.5 Å². The molecule has 2 aromatic carbocycles. The normalized spacial score (nSPS) is 13.3. The molecule has 0 aliphatic carbocycles. The van der Waals surface area contributed by atoms with Gasteiger partial charge in [-0.15, -0.1) is 0 Å². The van der Waals surface area contributed by atoms with Crippen molar-refractivity contribution in [3.05, 3.63) is 54.6 Å². The van der Waals surface area contributed by atoms with E-state index in [-0.39, 0.29) is 24.6 Å². The molecule has 0 fully saturated rings. The largest absolute Gasteiger partial charge is 0.457 e. The first-order chi connectivity index (χ1) is 15.7. The van der Waals surface area contributed by atoms with E-state index in [1.165, 1.54) is 17.0 Å². The Labute approximate surface area is 195 Å². The summed E-state index contributed by atoms with van der Waals surface area (Å²) in [5, 5.41) is 0. The van der Waals surface area contributed by atoms with Crippen LogP contribution in [0, 0.1) is 0 Å². The van der Waals surface area contributed by atoms with Gasteiger partial charge in [-0.1, -0.05) is 24.6 Å². The predicted octanol–water partition coefficient (Wildman–Crippen LogP) is 4.59. The van der Waals surface area contributed by atoms with Crippen molar-refractivity contribution >= 4 is 23.3 Å². The Morgan fingerprint density at radius 3 is 2.24 bits per heavy atom. The smallest absolute Gasteiger partial charge is 0.415 e. The van der Waals surface area contributed by atoms with Crippen LogP contribution in [0.3, 0.4) is 0 Å². The molecule has 0 aliphatic heterocycles. The Bertz CT molecular complexity index is 1030. The molecule has 0 aliphatic rings. The fraction of sp³-hybridized carbons (Fsp3) is 0.409. The highest BCUT2D eigenvalue weighted by atomic mass is 32.2. The zero-order chi connectivity index (χ0) is 24.3. The molecule has 9 nitrogen and oxygen atoms in total. The SMILES string of the molecule is CCOP(=O)(O)C(=O)N(CC)CCCCCNS(=O)(=O)c1ccc(Oc2ccccc2)cc1. The van der Waals surface area contributed by atoms with E-state index < -0.39 is 23.3 Å². The third kappa shape index (κ3) is 8.57. The van der Waals surface area contributed by atoms with Crippen molar-refractivity contribution in [3.8, 4) is 11.5 Å². The second-order valence-electron chi connectivity index (χ2n) is 7.15. The average molecular weight is 499 g/mol. The van der Waals surface area contributed by atoms with Crippen molar-refractivity contribution < 1.29 is 31.9 Å². The minimum absolute atomic E-state index is 0.0278. The highest BCUT2D eigenvalue weighted by Gasteiger charge is 2.34. The third-order valence-corrected chi connectivity index (χ3v) is 7.56. The zero-order valence-corrected chi connectivity index (χ0v) is 20.6. The van der Waals surface area contributed by atoms with Crippen molar-refractivity contribution in [2.45, 2.75) is 38.0 Å². The monoisotopic (exact) mass is 498 g/mol. The summed E-state index contributed by atoms with van der Waals surface area (Å²) in [6, 6.07) is 15.4. The van der Waals surface area contributed by atoms with E-state index in [1.54, 1.807) is 26.0 Å². The van der Waals surface area contributed by atoms with Crippen LogP contribution in [0.2, 0.25) is 0 Å². The Morgan fingerprint density at radius 2 is 1.64 bits per heavy atom. The number of ether oxygens (including phenoxy) is 1. The third-order valence-electron chi connectivity index (χ3n) is 4.71. The molecule has 182 valence electrons. The molecule has 0 aromatic heterocycles. The van der Waals surface area contributed by atoms with Crippen LogP contribution < -0.4 is 9.46 Å². The lowest BCUT2D eigenvalue weighted by Crippen LogP contribution is -2.31. The Hall–Kier alpha value is -2.23. The molecule has 0 radical (unpaired) electrons. The quantitative estimate of drug-likeness (QED) is 0.288. The maximum absolute atomic E-state index is 12.5. The van der Waals surface area contributed by atoms with Gasteiger partial charge in [-0.25, -0.2) is 17.7 Å². The zero-order valence-electron chi connectivity index (χ0n) is 18.8. The minimum atomic E-state index is -4.31. The number of benzene rings is 2. The molecule has 0 spiro atoms. The van der Waals surface area contributed by atoms with E-state index in [0.29, 0.717) is 37.3 Å². The number of amides is 1. The first kappa shape index (κ1) is 27.0. The summed E-state index contributed by atoms with van der Waals surface area (Å²) in [6.45, 7) is 4.05. The molecule has 1 atom stereocenters. The molecule has 1 amide bonds. The summed E-state index contributed by atoms with van der Waals surface area (Å²) in [6.07, 6.45) is 1.77. The summed E-state index contributed by atoms with van der Waals surface area (Å²) in [7, 11) is -7.96. The molecule has 1 unspecified atom stereocenters. The van der Waals surface area contributed by atoms with Crippen LogP contribution in [-0.4, -0.2) is 50.1 Å². The summed E-state index contributed by atoms with van der Waals surface area (Å²) in [5.41, 5.74) is -0.910. The number of para-hydroxylation sites is 1. The van der Waals surface area contributed by atoms with E-state index in [1.807, 2.05) is 30.3 Å². The van der Waals surface area contributed by atoms with Gasteiger partial charge in [-0.05, 0) is 63.1 Å². The molecule has 2 aromatic rings. The molecule has 0 saturated carbocycles. The molecule has 0 saturated heterocycles. The van der Waals surface area contributed by atoms with Gasteiger partial charge < -0.3 is 19.1 Å². The maximum Gasteiger partial charge on any atom is 0.415 e. The number of rotatable bonds is 14. The summed E-state index contributed by atoms with van der Waals surface area (Å²) in [5.74, 6) is 1.20. The number of carbonyl (C=O) groups excluding carboxylic acids is 1. The van der Waals surface area contributed by atoms with Gasteiger partial charge in [0, 0.05) is 19.6 Å². The van der Waals surface area contributed by atoms with Crippen LogP contribution in [0.25, 0.3) is 0 Å². The molecule has 33 heavy (non-hydrogen) atoms. The summed E-state index contributed by atoms with van der Waals surface area (Å²) in [4.78, 5) is 23.2. The lowest BCUT2D eigenvalue weighted by molar-refractivity contribution is 0.202. The highest BCUT2D eigenvalue weighted by Crippen LogP contribution is 2.44. The van der Waals surface area contributed by atoms with Gasteiger partial charge in [-0.3, -0.25) is 4.79 Å². The van der Waals surface area contributed by atoms with Crippen LogP contribution >= 0.6 is 7.60 Å². The van der Waals surface area contributed by atoms with Crippen LogP contribution in [0.15, 0.2) is 59.5 Å². The molecule has 0 bridgehead atoms. The summed E-state index contributed by atoms with van der Waals surface area (Å²) < 4.78 is 49.7. The fourth-order valence-electron chi connectivity index (χ4n) is 3.00. The van der Waals surface area contributed by atoms with Gasteiger partial charge in [-0.2, -0.15) is 0 Å². The number of hydrogen-bond donors (Lipinski definition) is 2. The van der Waals surface area contributed by atoms with E-state index >= 15 is 0 Å². The lowest BCUT2D eigenvalue weighted by atomic mass is 10.2. The van der Waals surface area contributed by atoms with Gasteiger partial charge >= 0.3 is 13.2 Å². The van der Waals surface area contributed by atoms with Crippen molar-refractivity contribution in [3.63, 3.8) is 0 Å². The highest BCUT2D eigenvalue weighted by molar-refractivity contribution is 7.89. The Morgan fingerprint density at radius 1 is 1.00 bits per heavy atom. The van der Waals surface area contributed by atoms with Crippen molar-refractivity contribution in [2.75, 3.05) is 26.2 Å². The van der Waals surface area contributed by atoms with Crippen LogP contribution in [0.1, 0.15) is 33.1 Å². The first-order valence-electron chi connectivity index (χ1n) is 10.8. The van der Waals surface area contributed by atoms with Gasteiger partial charge in [0.2, 0.25) is 10.0 Å². The fourth-order valence-corrected chi connectivity index (χ4v) is 5.14. The number of carbonyl (C=O) groups is 1. The van der Waals surface area contributed by atoms with E-state index in [9.17, 15) is 22.7 Å². The molecule has 2 rings (SSSR count). The molecule has 0 heterocycles. The second kappa shape index (κ2) is 12.9. The topological polar surface area (TPSA) is 122 Å². The van der Waals surface area contributed by atoms with Crippen LogP contribution in [-0.2, 0) is 19.1 Å². The van der Waals surface area contributed by atoms with Crippen LogP contribution in [0.4, 0.5) is 4.79 Å². The predicted molar refractivity (Wildman–Crippen MR) is 126 cm³/mol. The molecule has 2 N–H and O–H groups in total. The second-order valence-corrected chi connectivity index (χ2v) is 10.6. The molecule has 11 heteroatoms. The number of nitrogens with zero attached hydrogens (tertiary/aromatic N) is 1. The van der Waals surface area contributed by atoms with Crippen molar-refractivity contribution in [1.82, 2.24) is 9.62 Å². The first-order valence-corrected chi connectivity index (χ1v) is 13.8. The summed E-state index contributed by atoms with van der Waals surface area (Å²) >= 11 is 0. The van der Waals surface area contributed by atoms with Crippen molar-refractivity contribution in [1.29, 1.82) is 0 Å². The van der Waals surface area contributed by atoms with Crippen molar-refractivity contribution in [2.24, 2.45) is 0 Å². The Balaban J connectivity index is 1.76. The lowest BCUT2D eigenvalue weighted by Gasteiger charge is -2.22. The van der Waals surface area contributed by atoms with Gasteiger partial charge in [0.1, 0.15) is 11.5 Å². The number of unbranched alkanes of at least 4 members (excludes halogenated alkanes) is 2. The van der Waals surface area contributed by atoms with E-state index in [4.69, 9.17) is 4.74 Å². The van der Waals surface area contributed by atoms with Crippen LogP contribution in [0.5, 0.6) is 11.5 Å². The molecular weight excluding hydrogens is 467 g/mol. The average Bonchev–Trinajstić information content (AvgIpc) is 2.79. The molecular formula is C22H31N2O7PS. The number of hydrogen-bond acceptors (Lipinski definition) is 6. The van der Waals surface area contributed by atoms with E-state index in [2.05, 4.69) is 9.25 Å². The standard InChI is InChI=1S/C22H31N2O7PS/c1-3-24(22(25)32(26,27)30-4-2)18-10-6-9-17-23-33(28,29)21-15-13-20(14-16-21)31-19-11-7-5-8-12-19/h5,7-8,11-16,23H,3-4,6,9-10,17-18H2,1-2H3,(H,26,27).